The highest BCUT2D eigenvalue weighted by atomic mass is 32.2. The van der Waals surface area contributed by atoms with Crippen LogP contribution in [0.15, 0.2) is 23.1 Å². The van der Waals surface area contributed by atoms with E-state index in [4.69, 9.17) is 5.11 Å². The van der Waals surface area contributed by atoms with Gasteiger partial charge in [0.2, 0.25) is 10.0 Å². The van der Waals surface area contributed by atoms with Crippen LogP contribution >= 0.6 is 0 Å². The molecule has 0 aliphatic heterocycles. The fraction of sp³-hybridized carbons (Fsp3) is 0.500. The third-order valence-corrected chi connectivity index (χ3v) is 4.73. The van der Waals surface area contributed by atoms with Crippen LogP contribution in [0.5, 0.6) is 0 Å². The van der Waals surface area contributed by atoms with Crippen molar-refractivity contribution in [2.45, 2.75) is 44.4 Å². The summed E-state index contributed by atoms with van der Waals surface area (Å²) in [4.78, 5) is 11.1. The second-order valence-electron chi connectivity index (χ2n) is 4.69. The summed E-state index contributed by atoms with van der Waals surface area (Å²) >= 11 is 0. The molecule has 0 saturated carbocycles. The fourth-order valence-electron chi connectivity index (χ4n) is 1.97. The quantitative estimate of drug-likeness (QED) is 0.723. The van der Waals surface area contributed by atoms with Gasteiger partial charge < -0.3 is 5.11 Å². The minimum atomic E-state index is -3.65. The van der Waals surface area contributed by atoms with Crippen LogP contribution in [-0.4, -0.2) is 26.0 Å². The van der Waals surface area contributed by atoms with Crippen LogP contribution in [0.4, 0.5) is 0 Å². The zero-order chi connectivity index (χ0) is 15.2. The summed E-state index contributed by atoms with van der Waals surface area (Å²) in [5.74, 6) is -1.12. The summed E-state index contributed by atoms with van der Waals surface area (Å²) in [7, 11) is -3.65. The molecule has 0 bridgehead atoms. The second-order valence-corrected chi connectivity index (χ2v) is 6.43. The van der Waals surface area contributed by atoms with E-state index in [1.54, 1.807) is 0 Å². The first-order valence-electron chi connectivity index (χ1n) is 6.72. The predicted molar refractivity (Wildman–Crippen MR) is 77.5 cm³/mol. The zero-order valence-corrected chi connectivity index (χ0v) is 12.7. The molecule has 2 N–H and O–H groups in total. The standard InChI is InChI=1S/C14H21NO4S/c1-3-4-5-6-10-15-20(18,19)13-9-7-8-12(11(13)2)14(16)17/h7-9,15H,3-6,10H2,1-2H3,(H,16,17). The van der Waals surface area contributed by atoms with Gasteiger partial charge in [-0.3, -0.25) is 0 Å². The Bertz CT molecular complexity index is 567. The second kappa shape index (κ2) is 7.40. The van der Waals surface area contributed by atoms with Gasteiger partial charge in [0, 0.05) is 6.54 Å². The molecular formula is C14H21NO4S. The molecule has 1 rings (SSSR count). The molecule has 5 nitrogen and oxygen atoms in total. The van der Waals surface area contributed by atoms with Crippen molar-refractivity contribution in [2.24, 2.45) is 0 Å². The van der Waals surface area contributed by atoms with Crippen LogP contribution in [0.1, 0.15) is 48.5 Å². The van der Waals surface area contributed by atoms with Gasteiger partial charge in [-0.25, -0.2) is 17.9 Å². The van der Waals surface area contributed by atoms with Gasteiger partial charge in [0.05, 0.1) is 10.5 Å². The van der Waals surface area contributed by atoms with Crippen molar-refractivity contribution in [2.75, 3.05) is 6.54 Å². The van der Waals surface area contributed by atoms with Crippen LogP contribution in [0.3, 0.4) is 0 Å². The summed E-state index contributed by atoms with van der Waals surface area (Å²) in [6.07, 6.45) is 3.93. The van der Waals surface area contributed by atoms with Crippen molar-refractivity contribution in [1.82, 2.24) is 4.72 Å². The van der Waals surface area contributed by atoms with Crippen LogP contribution in [0, 0.1) is 6.92 Å². The molecule has 0 aliphatic carbocycles. The van der Waals surface area contributed by atoms with E-state index >= 15 is 0 Å². The molecule has 6 heteroatoms. The van der Waals surface area contributed by atoms with Crippen molar-refractivity contribution in [3.63, 3.8) is 0 Å². The zero-order valence-electron chi connectivity index (χ0n) is 11.8. The Balaban J connectivity index is 2.83. The first-order chi connectivity index (χ1) is 9.40. The number of rotatable bonds is 8. The average molecular weight is 299 g/mol. The van der Waals surface area contributed by atoms with Crippen LogP contribution in [-0.2, 0) is 10.0 Å². The van der Waals surface area contributed by atoms with Gasteiger partial charge in [0.25, 0.3) is 0 Å². The molecule has 0 unspecified atom stereocenters. The summed E-state index contributed by atoms with van der Waals surface area (Å²) in [6, 6.07) is 4.27. The van der Waals surface area contributed by atoms with Gasteiger partial charge in [-0.05, 0) is 31.0 Å². The number of nitrogens with one attached hydrogen (secondary N) is 1. The molecule has 0 atom stereocenters. The topological polar surface area (TPSA) is 83.5 Å². The maximum absolute atomic E-state index is 12.2. The maximum atomic E-state index is 12.2. The minimum Gasteiger partial charge on any atom is -0.478 e. The smallest absolute Gasteiger partial charge is 0.335 e. The van der Waals surface area contributed by atoms with Gasteiger partial charge >= 0.3 is 5.97 Å². The molecule has 0 heterocycles. The van der Waals surface area contributed by atoms with Crippen molar-refractivity contribution >= 4 is 16.0 Å². The molecule has 0 amide bonds. The lowest BCUT2D eigenvalue weighted by Gasteiger charge is -2.10. The molecule has 0 aromatic heterocycles. The van der Waals surface area contributed by atoms with Crippen molar-refractivity contribution < 1.29 is 18.3 Å². The molecule has 0 radical (unpaired) electrons. The number of carboxylic acid groups (broad SMARTS) is 1. The Labute approximate surface area is 120 Å². The number of carboxylic acids is 1. The lowest BCUT2D eigenvalue weighted by molar-refractivity contribution is 0.0696. The molecule has 0 spiro atoms. The van der Waals surface area contributed by atoms with Crippen molar-refractivity contribution in [3.8, 4) is 0 Å². The largest absolute Gasteiger partial charge is 0.478 e. The Morgan fingerprint density at radius 1 is 1.25 bits per heavy atom. The summed E-state index contributed by atoms with van der Waals surface area (Å²) in [6.45, 7) is 3.97. The highest BCUT2D eigenvalue weighted by Crippen LogP contribution is 2.18. The Hall–Kier alpha value is -1.40. The Morgan fingerprint density at radius 3 is 2.55 bits per heavy atom. The Kier molecular flexibility index (Phi) is 6.16. The summed E-state index contributed by atoms with van der Waals surface area (Å²) in [5, 5.41) is 9.01. The fourth-order valence-corrected chi connectivity index (χ4v) is 3.31. The van der Waals surface area contributed by atoms with Crippen molar-refractivity contribution in [1.29, 1.82) is 0 Å². The molecule has 1 aromatic rings. The highest BCUT2D eigenvalue weighted by molar-refractivity contribution is 7.89. The molecule has 20 heavy (non-hydrogen) atoms. The minimum absolute atomic E-state index is 0.0128. The van der Waals surface area contributed by atoms with Gasteiger partial charge in [0.15, 0.2) is 0 Å². The van der Waals surface area contributed by atoms with E-state index in [9.17, 15) is 13.2 Å². The van der Waals surface area contributed by atoms with E-state index in [1.165, 1.54) is 25.1 Å². The van der Waals surface area contributed by atoms with E-state index in [2.05, 4.69) is 11.6 Å². The summed E-state index contributed by atoms with van der Waals surface area (Å²) < 4.78 is 26.8. The highest BCUT2D eigenvalue weighted by Gasteiger charge is 2.19. The van der Waals surface area contributed by atoms with Gasteiger partial charge in [-0.2, -0.15) is 0 Å². The lowest BCUT2D eigenvalue weighted by Crippen LogP contribution is -2.26. The third-order valence-electron chi connectivity index (χ3n) is 3.13. The number of sulfonamides is 1. The molecule has 112 valence electrons. The predicted octanol–water partition coefficient (Wildman–Crippen LogP) is 2.55. The molecule has 0 saturated heterocycles. The van der Waals surface area contributed by atoms with Crippen LogP contribution in [0.25, 0.3) is 0 Å². The van der Waals surface area contributed by atoms with Gasteiger partial charge in [-0.1, -0.05) is 32.3 Å². The molecule has 1 aromatic carbocycles. The first kappa shape index (κ1) is 16.7. The number of unbranched alkanes of at least 4 members (excludes halogenated alkanes) is 3. The van der Waals surface area contributed by atoms with Crippen LogP contribution in [0.2, 0.25) is 0 Å². The number of hydrogen-bond donors (Lipinski definition) is 2. The SMILES string of the molecule is CCCCCCNS(=O)(=O)c1cccc(C(=O)O)c1C. The monoisotopic (exact) mass is 299 g/mol. The van der Waals surface area contributed by atoms with Gasteiger partial charge in [-0.15, -0.1) is 0 Å². The maximum Gasteiger partial charge on any atom is 0.335 e. The van der Waals surface area contributed by atoms with Crippen molar-refractivity contribution in [3.05, 3.63) is 29.3 Å². The molecule has 0 aliphatic rings. The summed E-state index contributed by atoms with van der Waals surface area (Å²) in [5.41, 5.74) is 0.278. The number of aromatic carboxylic acids is 1. The average Bonchev–Trinajstić information content (AvgIpc) is 2.38. The van der Waals surface area contributed by atoms with E-state index in [0.717, 1.165) is 25.7 Å². The molecule has 0 fully saturated rings. The van der Waals surface area contributed by atoms with E-state index in [0.29, 0.717) is 6.54 Å². The van der Waals surface area contributed by atoms with Gasteiger partial charge in [0.1, 0.15) is 0 Å². The lowest BCUT2D eigenvalue weighted by atomic mass is 10.1. The number of carbonyl (C=O) groups is 1. The third kappa shape index (κ3) is 4.31. The van der Waals surface area contributed by atoms with Crippen LogP contribution < -0.4 is 4.72 Å². The number of hydrogen-bond acceptors (Lipinski definition) is 3. The van der Waals surface area contributed by atoms with E-state index in [1.807, 2.05) is 0 Å². The van der Waals surface area contributed by atoms with E-state index in [-0.39, 0.29) is 16.0 Å². The van der Waals surface area contributed by atoms with E-state index < -0.39 is 16.0 Å². The normalized spacial score (nSPS) is 11.5. The Morgan fingerprint density at radius 2 is 1.95 bits per heavy atom. The first-order valence-corrected chi connectivity index (χ1v) is 8.21. The number of benzene rings is 1. The molecular weight excluding hydrogens is 278 g/mol.